The van der Waals surface area contributed by atoms with E-state index < -0.39 is 18.1 Å². The zero-order valence-corrected chi connectivity index (χ0v) is 40.7. The molecule has 0 saturated carbocycles. The van der Waals surface area contributed by atoms with Crippen molar-refractivity contribution in [1.29, 1.82) is 0 Å². The van der Waals surface area contributed by atoms with Crippen LogP contribution >= 0.6 is 0 Å². The minimum atomic E-state index is -1.13. The number of rotatable bonds is 43. The third-order valence-electron chi connectivity index (χ3n) is 10.5. The highest BCUT2D eigenvalue weighted by molar-refractivity contribution is 5.70. The monoisotopic (exact) mass is 878 g/mol. The van der Waals surface area contributed by atoms with Crippen LogP contribution in [0.2, 0.25) is 0 Å². The van der Waals surface area contributed by atoms with Crippen LogP contribution in [0.15, 0.2) is 97.2 Å². The van der Waals surface area contributed by atoms with E-state index in [1.807, 2.05) is 0 Å². The molecule has 0 aliphatic rings. The van der Waals surface area contributed by atoms with Crippen molar-refractivity contribution in [3.05, 3.63) is 97.2 Å². The highest BCUT2D eigenvalue weighted by Gasteiger charge is 2.25. The first-order valence-corrected chi connectivity index (χ1v) is 24.8. The zero-order valence-electron chi connectivity index (χ0n) is 40.7. The van der Waals surface area contributed by atoms with Gasteiger partial charge in [0.2, 0.25) is 0 Å². The molecular formula is C55H91NO7. The topological polar surface area (TPSA) is 102 Å². The van der Waals surface area contributed by atoms with Crippen molar-refractivity contribution in [1.82, 2.24) is 0 Å². The molecule has 2 unspecified atom stereocenters. The van der Waals surface area contributed by atoms with Gasteiger partial charge in [-0.05, 0) is 89.9 Å². The van der Waals surface area contributed by atoms with Gasteiger partial charge in [-0.25, -0.2) is 0 Å². The lowest BCUT2D eigenvalue weighted by Gasteiger charge is -2.34. The Morgan fingerprint density at radius 1 is 0.476 bits per heavy atom. The maximum atomic E-state index is 12.8. The second kappa shape index (κ2) is 44.8. The third-order valence-corrected chi connectivity index (χ3v) is 10.5. The first-order chi connectivity index (χ1) is 30.6. The fourth-order valence-corrected chi connectivity index (χ4v) is 6.70. The van der Waals surface area contributed by atoms with Crippen molar-refractivity contribution in [2.24, 2.45) is 0 Å². The molecule has 2 atom stereocenters. The summed E-state index contributed by atoms with van der Waals surface area (Å²) in [5.74, 6) is -1.79. The Bertz CT molecular complexity index is 1350. The van der Waals surface area contributed by atoms with Crippen molar-refractivity contribution in [2.75, 3.05) is 41.0 Å². The molecule has 0 radical (unpaired) electrons. The number of quaternary nitrogens is 1. The Balaban J connectivity index is 4.35. The molecule has 0 aliphatic heterocycles. The van der Waals surface area contributed by atoms with Gasteiger partial charge < -0.3 is 28.6 Å². The van der Waals surface area contributed by atoms with E-state index in [1.54, 1.807) is 21.1 Å². The zero-order chi connectivity index (χ0) is 46.3. The van der Waals surface area contributed by atoms with E-state index in [0.29, 0.717) is 12.8 Å². The largest absolute Gasteiger partial charge is 0.544 e. The Morgan fingerprint density at radius 2 is 0.841 bits per heavy atom. The molecule has 0 saturated heterocycles. The minimum absolute atomic E-state index is 0.0227. The van der Waals surface area contributed by atoms with Gasteiger partial charge in [0.25, 0.3) is 0 Å². The first-order valence-electron chi connectivity index (χ1n) is 24.8. The van der Waals surface area contributed by atoms with Crippen LogP contribution in [0.3, 0.4) is 0 Å². The molecular weight excluding hydrogens is 787 g/mol. The van der Waals surface area contributed by atoms with Gasteiger partial charge >= 0.3 is 11.9 Å². The molecule has 0 spiro atoms. The maximum Gasteiger partial charge on any atom is 0.306 e. The van der Waals surface area contributed by atoms with Gasteiger partial charge in [0.05, 0.1) is 40.3 Å². The van der Waals surface area contributed by atoms with Crippen molar-refractivity contribution in [3.8, 4) is 0 Å². The molecule has 0 aliphatic carbocycles. The van der Waals surface area contributed by atoms with E-state index in [9.17, 15) is 19.5 Å². The summed E-state index contributed by atoms with van der Waals surface area (Å²) in [5.41, 5.74) is 0. The second-order valence-electron chi connectivity index (χ2n) is 17.3. The number of carboxylic acid groups (broad SMARTS) is 1. The highest BCUT2D eigenvalue weighted by atomic mass is 16.6. The standard InChI is InChI=1S/C55H91NO7/c1-6-8-10-12-14-16-18-20-22-24-26-28-30-32-34-36-38-40-42-44-46-54(58)63-51(49-61-48-47-52(55(59)60)56(3,4)5)50-62-53(57)45-43-41-39-37-35-33-31-29-27-25-23-21-19-17-15-13-11-9-7-2/h8-11,14-17,20-23,27,29,33,35,51-52H,6-7,12-13,18-19,24-26,28,30-32,34,36-50H2,1-5H3/b10-8+,11-9+,16-14+,17-15+,22-20+,23-21+,29-27+,35-33+. The number of carboxylic acids is 1. The molecule has 0 amide bonds. The Morgan fingerprint density at radius 3 is 1.25 bits per heavy atom. The molecule has 0 aromatic carbocycles. The van der Waals surface area contributed by atoms with E-state index in [4.69, 9.17) is 14.2 Å². The number of hydrogen-bond acceptors (Lipinski definition) is 7. The number of ether oxygens (including phenoxy) is 3. The number of allylic oxidation sites excluding steroid dienone is 16. The molecule has 0 aromatic heterocycles. The quantitative estimate of drug-likeness (QED) is 0.0260. The lowest BCUT2D eigenvalue weighted by Crippen LogP contribution is -2.55. The molecule has 0 bridgehead atoms. The lowest BCUT2D eigenvalue weighted by atomic mass is 10.0. The fourth-order valence-electron chi connectivity index (χ4n) is 6.70. The Hall–Kier alpha value is -3.75. The number of hydrogen-bond donors (Lipinski definition) is 0. The summed E-state index contributed by atoms with van der Waals surface area (Å²) in [6, 6.07) is -0.738. The molecule has 8 nitrogen and oxygen atoms in total. The Labute approximate surface area is 386 Å². The number of carbonyl (C=O) groups excluding carboxylic acids is 3. The van der Waals surface area contributed by atoms with Crippen LogP contribution in [-0.2, 0) is 28.6 Å². The summed E-state index contributed by atoms with van der Waals surface area (Å²) in [6.45, 7) is 4.39. The first kappa shape index (κ1) is 59.2. The summed E-state index contributed by atoms with van der Waals surface area (Å²) < 4.78 is 17.2. The predicted octanol–water partition coefficient (Wildman–Crippen LogP) is 12.9. The van der Waals surface area contributed by atoms with Crippen LogP contribution in [0.25, 0.3) is 0 Å². The number of esters is 2. The van der Waals surface area contributed by atoms with E-state index in [1.165, 1.54) is 51.4 Å². The number of aliphatic carboxylic acids is 1. The van der Waals surface area contributed by atoms with E-state index in [-0.39, 0.29) is 42.7 Å². The molecule has 0 fully saturated rings. The Kier molecular flexibility index (Phi) is 42.2. The predicted molar refractivity (Wildman–Crippen MR) is 263 cm³/mol. The third kappa shape index (κ3) is 43.3. The fraction of sp³-hybridized carbons (Fsp3) is 0.655. The summed E-state index contributed by atoms with van der Waals surface area (Å²) in [7, 11) is 5.39. The van der Waals surface area contributed by atoms with Crippen LogP contribution in [0.5, 0.6) is 0 Å². The average molecular weight is 878 g/mol. The number of unbranched alkanes of at least 4 members (excludes halogenated alkanes) is 13. The normalized spacial score (nSPS) is 13.7. The van der Waals surface area contributed by atoms with Gasteiger partial charge in [0.1, 0.15) is 12.6 Å². The number of carbonyl (C=O) groups is 3. The maximum absolute atomic E-state index is 12.8. The molecule has 358 valence electrons. The minimum Gasteiger partial charge on any atom is -0.544 e. The van der Waals surface area contributed by atoms with Crippen LogP contribution in [0.1, 0.15) is 181 Å². The van der Waals surface area contributed by atoms with Crippen LogP contribution in [0.4, 0.5) is 0 Å². The van der Waals surface area contributed by atoms with Gasteiger partial charge in [0, 0.05) is 19.3 Å². The second-order valence-corrected chi connectivity index (χ2v) is 17.3. The molecule has 63 heavy (non-hydrogen) atoms. The molecule has 8 heteroatoms. The summed E-state index contributed by atoms with van der Waals surface area (Å²) in [6.07, 6.45) is 60.0. The van der Waals surface area contributed by atoms with Crippen molar-refractivity contribution in [2.45, 2.75) is 193 Å². The molecule has 0 aromatic rings. The van der Waals surface area contributed by atoms with Gasteiger partial charge in [0.15, 0.2) is 6.10 Å². The summed E-state index contributed by atoms with van der Waals surface area (Å²) >= 11 is 0. The van der Waals surface area contributed by atoms with E-state index in [2.05, 4.69) is 111 Å². The SMILES string of the molecule is CC/C=C/C/C=C/C/C=C/C/C=C/C/C=C/CCCCCC(=O)OCC(COCCC(C(=O)[O-])[N+](C)(C)C)OC(=O)CCCCCCCCCCCC/C=C/C/C=C/C/C=C/CC. The van der Waals surface area contributed by atoms with Gasteiger partial charge in [-0.3, -0.25) is 9.59 Å². The molecule has 0 heterocycles. The lowest BCUT2D eigenvalue weighted by molar-refractivity contribution is -0.889. The smallest absolute Gasteiger partial charge is 0.306 e. The van der Waals surface area contributed by atoms with Crippen molar-refractivity contribution in [3.63, 3.8) is 0 Å². The molecule has 0 N–H and O–H groups in total. The van der Waals surface area contributed by atoms with E-state index in [0.717, 1.165) is 96.3 Å². The molecule has 0 rings (SSSR count). The van der Waals surface area contributed by atoms with Crippen molar-refractivity contribution < 1.29 is 38.2 Å². The number of nitrogens with zero attached hydrogens (tertiary/aromatic N) is 1. The van der Waals surface area contributed by atoms with Crippen molar-refractivity contribution >= 4 is 17.9 Å². The summed E-state index contributed by atoms with van der Waals surface area (Å²) in [4.78, 5) is 37.0. The van der Waals surface area contributed by atoms with Gasteiger partial charge in [-0.1, -0.05) is 169 Å². The highest BCUT2D eigenvalue weighted by Crippen LogP contribution is 2.14. The number of likely N-dealkylation sites (N-methyl/N-ethyl adjacent to an activating group) is 1. The van der Waals surface area contributed by atoms with Gasteiger partial charge in [-0.15, -0.1) is 0 Å². The van der Waals surface area contributed by atoms with E-state index >= 15 is 0 Å². The van der Waals surface area contributed by atoms with Crippen LogP contribution in [0, 0.1) is 0 Å². The summed E-state index contributed by atoms with van der Waals surface area (Å²) in [5, 5.41) is 11.7. The average Bonchev–Trinajstić information content (AvgIpc) is 3.24. The van der Waals surface area contributed by atoms with Gasteiger partial charge in [-0.2, -0.15) is 0 Å². The van der Waals surface area contributed by atoms with Crippen LogP contribution in [-0.4, -0.2) is 75.5 Å². The van der Waals surface area contributed by atoms with Crippen LogP contribution < -0.4 is 5.11 Å².